The molecule has 0 aromatic heterocycles. The lowest BCUT2D eigenvalue weighted by Gasteiger charge is -2.08. The highest BCUT2D eigenvalue weighted by Gasteiger charge is 2.25. The molecule has 5 nitrogen and oxygen atoms in total. The minimum Gasteiger partial charge on any atom is -0.463 e. The van der Waals surface area contributed by atoms with E-state index in [9.17, 15) is 4.79 Å². The van der Waals surface area contributed by atoms with Gasteiger partial charge in [0.2, 0.25) is 0 Å². The Morgan fingerprint density at radius 3 is 2.12 bits per heavy atom. The van der Waals surface area contributed by atoms with Crippen molar-refractivity contribution in [2.45, 2.75) is 44.6 Å². The van der Waals surface area contributed by atoms with Crippen LogP contribution in [0.2, 0.25) is 6.04 Å². The van der Waals surface area contributed by atoms with Crippen LogP contribution in [0.4, 0.5) is 0 Å². The van der Waals surface area contributed by atoms with Gasteiger partial charge in [-0.1, -0.05) is 32.3 Å². The molecule has 17 heavy (non-hydrogen) atoms. The molecule has 0 aliphatic carbocycles. The molecule has 100 valence electrons. The van der Waals surface area contributed by atoms with Crippen molar-refractivity contribution in [2.75, 3.05) is 6.61 Å². The average molecular weight is 262 g/mol. The van der Waals surface area contributed by atoms with E-state index in [0.717, 1.165) is 38.2 Å². The molecule has 0 bridgehead atoms. The summed E-state index contributed by atoms with van der Waals surface area (Å²) in [5.41, 5.74) is 0. The molecule has 0 radical (unpaired) electrons. The van der Waals surface area contributed by atoms with E-state index in [4.69, 9.17) is 19.1 Å². The van der Waals surface area contributed by atoms with E-state index in [1.165, 1.54) is 0 Å². The number of ether oxygens (including phenoxy) is 1. The highest BCUT2D eigenvalue weighted by atomic mass is 28.4. The van der Waals surface area contributed by atoms with Gasteiger partial charge in [0.05, 0.1) is 6.61 Å². The molecule has 0 rings (SSSR count). The van der Waals surface area contributed by atoms with Gasteiger partial charge in [-0.15, -0.1) is 0 Å². The SMILES string of the molecule is C=CC(=O)OCCCCCCCC[Si](O)(O)O. The first-order valence-electron chi connectivity index (χ1n) is 5.92. The van der Waals surface area contributed by atoms with Crippen LogP contribution in [-0.2, 0) is 9.53 Å². The summed E-state index contributed by atoms with van der Waals surface area (Å²) in [7, 11) is -3.82. The van der Waals surface area contributed by atoms with Gasteiger partial charge in [-0.25, -0.2) is 4.79 Å². The molecule has 0 aliphatic heterocycles. The Morgan fingerprint density at radius 1 is 1.06 bits per heavy atom. The second-order valence-corrected chi connectivity index (χ2v) is 6.07. The highest BCUT2D eigenvalue weighted by molar-refractivity contribution is 6.56. The second kappa shape index (κ2) is 9.35. The largest absolute Gasteiger partial charge is 0.492 e. The van der Waals surface area contributed by atoms with Crippen molar-refractivity contribution >= 4 is 14.8 Å². The van der Waals surface area contributed by atoms with E-state index >= 15 is 0 Å². The van der Waals surface area contributed by atoms with Gasteiger partial charge < -0.3 is 19.1 Å². The van der Waals surface area contributed by atoms with E-state index in [1.54, 1.807) is 0 Å². The summed E-state index contributed by atoms with van der Waals surface area (Å²) in [5.74, 6) is -0.389. The molecule has 0 heterocycles. The van der Waals surface area contributed by atoms with Crippen LogP contribution in [0.5, 0.6) is 0 Å². The predicted molar refractivity (Wildman–Crippen MR) is 66.1 cm³/mol. The van der Waals surface area contributed by atoms with Crippen molar-refractivity contribution in [3.05, 3.63) is 12.7 Å². The zero-order valence-corrected chi connectivity index (χ0v) is 11.1. The van der Waals surface area contributed by atoms with E-state index < -0.39 is 8.80 Å². The number of hydrogen-bond donors (Lipinski definition) is 3. The van der Waals surface area contributed by atoms with E-state index in [1.807, 2.05) is 0 Å². The van der Waals surface area contributed by atoms with E-state index in [0.29, 0.717) is 13.0 Å². The summed E-state index contributed by atoms with van der Waals surface area (Å²) in [5, 5.41) is 0. The lowest BCUT2D eigenvalue weighted by molar-refractivity contribution is -0.137. The van der Waals surface area contributed by atoms with Crippen molar-refractivity contribution in [1.82, 2.24) is 0 Å². The van der Waals surface area contributed by atoms with Crippen LogP contribution in [0.1, 0.15) is 38.5 Å². The summed E-state index contributed by atoms with van der Waals surface area (Å²) in [6, 6.07) is 0.115. The smallest absolute Gasteiger partial charge is 0.463 e. The molecule has 0 aromatic rings. The molecule has 3 N–H and O–H groups in total. The number of carbonyl (C=O) groups excluding carboxylic acids is 1. The molecule has 0 saturated heterocycles. The summed E-state index contributed by atoms with van der Waals surface area (Å²) in [6.07, 6.45) is 6.48. The Labute approximate surface area is 103 Å². The molecule has 0 aliphatic rings. The fourth-order valence-electron chi connectivity index (χ4n) is 1.40. The van der Waals surface area contributed by atoms with Crippen LogP contribution in [0.15, 0.2) is 12.7 Å². The minimum atomic E-state index is -3.82. The van der Waals surface area contributed by atoms with Gasteiger partial charge in [-0.05, 0) is 12.8 Å². The topological polar surface area (TPSA) is 87.0 Å². The van der Waals surface area contributed by atoms with Gasteiger partial charge in [0.15, 0.2) is 0 Å². The van der Waals surface area contributed by atoms with Gasteiger partial charge in [0, 0.05) is 12.1 Å². The maximum atomic E-state index is 10.7. The quantitative estimate of drug-likeness (QED) is 0.236. The van der Waals surface area contributed by atoms with Gasteiger partial charge >= 0.3 is 14.8 Å². The average Bonchev–Trinajstić information content (AvgIpc) is 2.25. The Kier molecular flexibility index (Phi) is 8.97. The fourth-order valence-corrected chi connectivity index (χ4v) is 2.13. The second-order valence-electron chi connectivity index (χ2n) is 4.02. The lowest BCUT2D eigenvalue weighted by atomic mass is 10.1. The van der Waals surface area contributed by atoms with Crippen LogP contribution in [-0.4, -0.2) is 35.8 Å². The van der Waals surface area contributed by atoms with E-state index in [-0.39, 0.29) is 12.0 Å². The van der Waals surface area contributed by atoms with Gasteiger partial charge in [0.25, 0.3) is 0 Å². The zero-order chi connectivity index (χ0) is 13.1. The molecule has 6 heteroatoms. The Morgan fingerprint density at radius 2 is 1.59 bits per heavy atom. The predicted octanol–water partition coefficient (Wildman–Crippen LogP) is 0.972. The van der Waals surface area contributed by atoms with E-state index in [2.05, 4.69) is 6.58 Å². The first kappa shape index (κ1) is 16.3. The van der Waals surface area contributed by atoms with Crippen LogP contribution in [0, 0.1) is 0 Å². The summed E-state index contributed by atoms with van der Waals surface area (Å²) in [6.45, 7) is 3.72. The molecular formula is C11H22O5Si. The standard InChI is InChI=1S/C11H22O5Si/c1-2-11(12)16-9-7-5-3-4-6-8-10-17(13,14)15/h2,13-15H,1,3-10H2. The Bertz CT molecular complexity index is 224. The molecule has 0 spiro atoms. The normalized spacial score (nSPS) is 11.2. The minimum absolute atomic E-state index is 0.115. The number of rotatable bonds is 10. The summed E-state index contributed by atoms with van der Waals surface area (Å²) in [4.78, 5) is 36.9. The Balaban J connectivity index is 3.14. The third kappa shape index (κ3) is 13.2. The number of esters is 1. The van der Waals surface area contributed by atoms with Gasteiger partial charge in [-0.2, -0.15) is 0 Å². The van der Waals surface area contributed by atoms with Crippen molar-refractivity contribution < 1.29 is 23.9 Å². The first-order chi connectivity index (χ1) is 7.95. The molecule has 0 unspecified atom stereocenters. The molecular weight excluding hydrogens is 240 g/mol. The number of carbonyl (C=O) groups is 1. The van der Waals surface area contributed by atoms with Gasteiger partial charge in [-0.3, -0.25) is 0 Å². The van der Waals surface area contributed by atoms with Crippen LogP contribution >= 0.6 is 0 Å². The van der Waals surface area contributed by atoms with Crippen LogP contribution in [0.3, 0.4) is 0 Å². The van der Waals surface area contributed by atoms with Gasteiger partial charge in [0.1, 0.15) is 0 Å². The maximum absolute atomic E-state index is 10.7. The third-order valence-corrected chi connectivity index (χ3v) is 3.34. The van der Waals surface area contributed by atoms with Crippen molar-refractivity contribution in [2.24, 2.45) is 0 Å². The lowest BCUT2D eigenvalue weighted by Crippen LogP contribution is -2.33. The molecule has 0 fully saturated rings. The third-order valence-electron chi connectivity index (χ3n) is 2.32. The zero-order valence-electron chi connectivity index (χ0n) is 10.1. The molecule has 0 saturated carbocycles. The van der Waals surface area contributed by atoms with Crippen molar-refractivity contribution in [3.8, 4) is 0 Å². The first-order valence-corrected chi connectivity index (χ1v) is 7.97. The summed E-state index contributed by atoms with van der Waals surface area (Å²) < 4.78 is 4.81. The highest BCUT2D eigenvalue weighted by Crippen LogP contribution is 2.10. The molecule has 0 aromatic carbocycles. The number of unbranched alkanes of at least 4 members (excludes halogenated alkanes) is 5. The maximum Gasteiger partial charge on any atom is 0.492 e. The van der Waals surface area contributed by atoms with Crippen molar-refractivity contribution in [3.63, 3.8) is 0 Å². The monoisotopic (exact) mass is 262 g/mol. The Hall–Kier alpha value is -0.693. The number of hydrogen-bond acceptors (Lipinski definition) is 5. The van der Waals surface area contributed by atoms with Crippen LogP contribution in [0.25, 0.3) is 0 Å². The van der Waals surface area contributed by atoms with Crippen molar-refractivity contribution in [1.29, 1.82) is 0 Å². The van der Waals surface area contributed by atoms with Crippen LogP contribution < -0.4 is 0 Å². The fraction of sp³-hybridized carbons (Fsp3) is 0.727. The molecule has 0 atom stereocenters. The summed E-state index contributed by atoms with van der Waals surface area (Å²) >= 11 is 0. The molecule has 0 amide bonds.